The number of halogens is 3. The predicted molar refractivity (Wildman–Crippen MR) is 67.5 cm³/mol. The van der Waals surface area contributed by atoms with Gasteiger partial charge in [0.1, 0.15) is 0 Å². The summed E-state index contributed by atoms with van der Waals surface area (Å²) in [7, 11) is 0. The molecule has 0 bridgehead atoms. The minimum Gasteiger partial charge on any atom is -0.481 e. The standard InChI is InChI=1S/C13H11F3O2S/c1-12(2,11(17)18)10-5-7-3-4-8(13(14,15)16)6-9(7)19-10/h3-6H,1-2H3,(H,17,18). The molecule has 0 atom stereocenters. The Morgan fingerprint density at radius 3 is 2.37 bits per heavy atom. The Balaban J connectivity index is 2.56. The Labute approximate surface area is 111 Å². The lowest BCUT2D eigenvalue weighted by Gasteiger charge is -2.16. The molecule has 0 radical (unpaired) electrons. The molecule has 2 rings (SSSR count). The Kier molecular flexibility index (Phi) is 3.09. The number of carbonyl (C=O) groups is 1. The number of alkyl halides is 3. The van der Waals surface area contributed by atoms with E-state index in [9.17, 15) is 18.0 Å². The van der Waals surface area contributed by atoms with E-state index in [1.165, 1.54) is 19.9 Å². The summed E-state index contributed by atoms with van der Waals surface area (Å²) in [6.07, 6.45) is -4.39. The van der Waals surface area contributed by atoms with Crippen LogP contribution in [-0.2, 0) is 16.4 Å². The van der Waals surface area contributed by atoms with Gasteiger partial charge in [-0.3, -0.25) is 4.79 Å². The average molecular weight is 288 g/mol. The number of fused-ring (bicyclic) bond motifs is 1. The molecular weight excluding hydrogens is 277 g/mol. The molecule has 6 heteroatoms. The molecule has 0 aliphatic carbocycles. The normalized spacial score (nSPS) is 12.9. The molecule has 0 amide bonds. The third-order valence-electron chi connectivity index (χ3n) is 3.00. The molecule has 1 aromatic heterocycles. The van der Waals surface area contributed by atoms with Gasteiger partial charge < -0.3 is 5.11 Å². The summed E-state index contributed by atoms with van der Waals surface area (Å²) in [6.45, 7) is 3.06. The van der Waals surface area contributed by atoms with E-state index >= 15 is 0 Å². The third-order valence-corrected chi connectivity index (χ3v) is 4.42. The van der Waals surface area contributed by atoms with Gasteiger partial charge >= 0.3 is 12.1 Å². The molecule has 19 heavy (non-hydrogen) atoms. The highest BCUT2D eigenvalue weighted by atomic mass is 32.1. The Hall–Kier alpha value is -1.56. The second kappa shape index (κ2) is 4.23. The van der Waals surface area contributed by atoms with Crippen molar-refractivity contribution in [2.45, 2.75) is 25.4 Å². The van der Waals surface area contributed by atoms with Crippen LogP contribution in [0.5, 0.6) is 0 Å². The summed E-state index contributed by atoms with van der Waals surface area (Å²) in [5, 5.41) is 9.76. The van der Waals surface area contributed by atoms with Crippen molar-refractivity contribution in [2.75, 3.05) is 0 Å². The second-order valence-electron chi connectivity index (χ2n) is 4.79. The van der Waals surface area contributed by atoms with Crippen molar-refractivity contribution in [3.63, 3.8) is 0 Å². The Bertz CT molecular complexity index is 641. The molecule has 1 aromatic carbocycles. The number of benzene rings is 1. The molecule has 0 fully saturated rings. The molecule has 0 aliphatic rings. The monoisotopic (exact) mass is 288 g/mol. The molecule has 0 aliphatic heterocycles. The van der Waals surface area contributed by atoms with E-state index in [0.29, 0.717) is 15.0 Å². The maximum Gasteiger partial charge on any atom is 0.416 e. The van der Waals surface area contributed by atoms with Crippen LogP contribution in [0.15, 0.2) is 24.3 Å². The molecule has 2 aromatic rings. The van der Waals surface area contributed by atoms with E-state index in [-0.39, 0.29) is 0 Å². The van der Waals surface area contributed by atoms with Crippen LogP contribution < -0.4 is 0 Å². The lowest BCUT2D eigenvalue weighted by Crippen LogP contribution is -2.27. The van der Waals surface area contributed by atoms with Gasteiger partial charge in [0.25, 0.3) is 0 Å². The van der Waals surface area contributed by atoms with Crippen LogP contribution in [0.1, 0.15) is 24.3 Å². The van der Waals surface area contributed by atoms with Gasteiger partial charge in [0.2, 0.25) is 0 Å². The van der Waals surface area contributed by atoms with Gasteiger partial charge in [0, 0.05) is 9.58 Å². The van der Waals surface area contributed by atoms with E-state index in [0.717, 1.165) is 23.5 Å². The minimum absolute atomic E-state index is 0.444. The second-order valence-corrected chi connectivity index (χ2v) is 5.87. The predicted octanol–water partition coefficient (Wildman–Crippen LogP) is 4.28. The first-order valence-corrected chi connectivity index (χ1v) is 6.28. The number of carboxylic acids is 1. The Morgan fingerprint density at radius 1 is 1.21 bits per heavy atom. The molecule has 0 unspecified atom stereocenters. The van der Waals surface area contributed by atoms with Crippen molar-refractivity contribution in [2.24, 2.45) is 0 Å². The Morgan fingerprint density at radius 2 is 1.84 bits per heavy atom. The van der Waals surface area contributed by atoms with Gasteiger partial charge in [-0.25, -0.2) is 0 Å². The number of carboxylic acid groups (broad SMARTS) is 1. The molecular formula is C13H11F3O2S. The van der Waals surface area contributed by atoms with Gasteiger partial charge in [-0.2, -0.15) is 13.2 Å². The van der Waals surface area contributed by atoms with E-state index < -0.39 is 23.1 Å². The summed E-state index contributed by atoms with van der Waals surface area (Å²) in [5.41, 5.74) is -1.83. The summed E-state index contributed by atoms with van der Waals surface area (Å²) in [5.74, 6) is -1.00. The quantitative estimate of drug-likeness (QED) is 0.895. The number of thiophene rings is 1. The van der Waals surface area contributed by atoms with Crippen molar-refractivity contribution in [3.05, 3.63) is 34.7 Å². The zero-order chi connectivity index (χ0) is 14.4. The van der Waals surface area contributed by atoms with E-state index in [4.69, 9.17) is 5.11 Å². The van der Waals surface area contributed by atoms with E-state index in [1.807, 2.05) is 0 Å². The summed E-state index contributed by atoms with van der Waals surface area (Å²) in [6, 6.07) is 5.07. The lowest BCUT2D eigenvalue weighted by atomic mass is 9.91. The molecule has 0 saturated heterocycles. The maximum absolute atomic E-state index is 12.6. The van der Waals surface area contributed by atoms with Crippen LogP contribution in [0.3, 0.4) is 0 Å². The highest BCUT2D eigenvalue weighted by Gasteiger charge is 2.33. The van der Waals surface area contributed by atoms with Crippen LogP contribution in [0.25, 0.3) is 10.1 Å². The molecule has 2 nitrogen and oxygen atoms in total. The van der Waals surface area contributed by atoms with Crippen molar-refractivity contribution < 1.29 is 23.1 Å². The topological polar surface area (TPSA) is 37.3 Å². The van der Waals surface area contributed by atoms with Crippen molar-refractivity contribution in [3.8, 4) is 0 Å². The van der Waals surface area contributed by atoms with Gasteiger partial charge in [-0.15, -0.1) is 11.3 Å². The third kappa shape index (κ3) is 2.45. The van der Waals surface area contributed by atoms with Gasteiger partial charge in [-0.1, -0.05) is 6.07 Å². The van der Waals surface area contributed by atoms with Gasteiger partial charge in [0.05, 0.1) is 11.0 Å². The number of aliphatic carboxylic acids is 1. The zero-order valence-electron chi connectivity index (χ0n) is 10.2. The minimum atomic E-state index is -4.39. The van der Waals surface area contributed by atoms with Gasteiger partial charge in [-0.05, 0) is 37.4 Å². The SMILES string of the molecule is CC(C)(C(=O)O)c1cc2ccc(C(F)(F)F)cc2s1. The largest absolute Gasteiger partial charge is 0.481 e. The zero-order valence-corrected chi connectivity index (χ0v) is 11.0. The van der Waals surface area contributed by atoms with Crippen LogP contribution >= 0.6 is 11.3 Å². The van der Waals surface area contributed by atoms with E-state index in [1.54, 1.807) is 6.07 Å². The molecule has 0 saturated carbocycles. The highest BCUT2D eigenvalue weighted by molar-refractivity contribution is 7.19. The first-order valence-electron chi connectivity index (χ1n) is 5.47. The van der Waals surface area contributed by atoms with Crippen molar-refractivity contribution >= 4 is 27.4 Å². The summed E-state index contributed by atoms with van der Waals surface area (Å²) >= 11 is 1.08. The molecule has 1 N–H and O–H groups in total. The van der Waals surface area contributed by atoms with Crippen LogP contribution in [0.4, 0.5) is 13.2 Å². The van der Waals surface area contributed by atoms with Crippen LogP contribution in [0.2, 0.25) is 0 Å². The average Bonchev–Trinajstić information content (AvgIpc) is 2.70. The molecule has 1 heterocycles. The summed E-state index contributed by atoms with van der Waals surface area (Å²) < 4.78 is 38.2. The van der Waals surface area contributed by atoms with Crippen molar-refractivity contribution in [1.29, 1.82) is 0 Å². The van der Waals surface area contributed by atoms with Crippen molar-refractivity contribution in [1.82, 2.24) is 0 Å². The fourth-order valence-corrected chi connectivity index (χ4v) is 2.82. The maximum atomic E-state index is 12.6. The number of hydrogen-bond acceptors (Lipinski definition) is 2. The number of hydrogen-bond donors (Lipinski definition) is 1. The fraction of sp³-hybridized carbons (Fsp3) is 0.308. The highest BCUT2D eigenvalue weighted by Crippen LogP contribution is 2.38. The van der Waals surface area contributed by atoms with Crippen LogP contribution in [0, 0.1) is 0 Å². The smallest absolute Gasteiger partial charge is 0.416 e. The van der Waals surface area contributed by atoms with Crippen LogP contribution in [-0.4, -0.2) is 11.1 Å². The molecule has 0 spiro atoms. The van der Waals surface area contributed by atoms with Gasteiger partial charge in [0.15, 0.2) is 0 Å². The lowest BCUT2D eigenvalue weighted by molar-refractivity contribution is -0.142. The molecule has 102 valence electrons. The summed E-state index contributed by atoms with van der Waals surface area (Å²) in [4.78, 5) is 11.7. The van der Waals surface area contributed by atoms with E-state index in [2.05, 4.69) is 0 Å². The fourth-order valence-electron chi connectivity index (χ4n) is 1.62. The first-order chi connectivity index (χ1) is 8.62. The first kappa shape index (κ1) is 13.9. The number of rotatable bonds is 2.